The SMILES string of the molecule is C=CC[C@@]1(Cc2ccccc2)COC(C(c2ccccc2)c2ccccc2)=N1. The summed E-state index contributed by atoms with van der Waals surface area (Å²) >= 11 is 0. The maximum Gasteiger partial charge on any atom is 0.196 e. The summed E-state index contributed by atoms with van der Waals surface area (Å²) < 4.78 is 6.27. The van der Waals surface area contributed by atoms with Crippen LogP contribution in [0, 0.1) is 0 Å². The number of nitrogens with zero attached hydrogens (tertiary/aromatic N) is 1. The number of hydrogen-bond donors (Lipinski definition) is 0. The van der Waals surface area contributed by atoms with E-state index in [0.717, 1.165) is 18.7 Å². The highest BCUT2D eigenvalue weighted by molar-refractivity contribution is 5.88. The first-order chi connectivity index (χ1) is 13.8. The third-order valence-electron chi connectivity index (χ3n) is 5.25. The molecule has 0 bridgehead atoms. The van der Waals surface area contributed by atoms with Crippen LogP contribution in [0.15, 0.2) is 109 Å². The van der Waals surface area contributed by atoms with Crippen molar-refractivity contribution >= 4 is 5.90 Å². The molecule has 0 saturated heterocycles. The minimum Gasteiger partial charge on any atom is -0.478 e. The van der Waals surface area contributed by atoms with Crippen molar-refractivity contribution in [1.82, 2.24) is 0 Å². The molecule has 0 amide bonds. The summed E-state index contributed by atoms with van der Waals surface area (Å²) in [6, 6.07) is 31.5. The normalized spacial score (nSPS) is 18.5. The van der Waals surface area contributed by atoms with Crippen LogP contribution in [0.1, 0.15) is 29.0 Å². The molecule has 3 aromatic rings. The summed E-state index contributed by atoms with van der Waals surface area (Å²) in [7, 11) is 0. The summed E-state index contributed by atoms with van der Waals surface area (Å²) in [6.45, 7) is 4.55. The van der Waals surface area contributed by atoms with Crippen LogP contribution in [0.4, 0.5) is 0 Å². The van der Waals surface area contributed by atoms with E-state index < -0.39 is 0 Å². The lowest BCUT2D eigenvalue weighted by molar-refractivity contribution is 0.249. The number of rotatable bonds is 7. The molecule has 1 aliphatic heterocycles. The highest BCUT2D eigenvalue weighted by Crippen LogP contribution is 2.35. The van der Waals surface area contributed by atoms with Crippen LogP contribution in [0.3, 0.4) is 0 Å². The van der Waals surface area contributed by atoms with Gasteiger partial charge in [-0.2, -0.15) is 0 Å². The summed E-state index contributed by atoms with van der Waals surface area (Å²) in [6.07, 6.45) is 3.60. The zero-order chi connectivity index (χ0) is 19.2. The van der Waals surface area contributed by atoms with E-state index in [2.05, 4.69) is 79.4 Å². The first-order valence-corrected chi connectivity index (χ1v) is 9.77. The van der Waals surface area contributed by atoms with E-state index >= 15 is 0 Å². The second-order valence-corrected chi connectivity index (χ2v) is 7.37. The maximum atomic E-state index is 6.27. The van der Waals surface area contributed by atoms with Gasteiger partial charge in [-0.1, -0.05) is 97.1 Å². The predicted molar refractivity (Wildman–Crippen MR) is 116 cm³/mol. The van der Waals surface area contributed by atoms with Crippen LogP contribution >= 0.6 is 0 Å². The molecule has 0 radical (unpaired) electrons. The molecule has 3 aromatic carbocycles. The Morgan fingerprint density at radius 2 is 1.39 bits per heavy atom. The minimum absolute atomic E-state index is 0.00450. The molecule has 0 fully saturated rings. The summed E-state index contributed by atoms with van der Waals surface area (Å²) in [5.41, 5.74) is 3.37. The van der Waals surface area contributed by atoms with Crippen molar-refractivity contribution in [2.75, 3.05) is 6.61 Å². The molecule has 1 aliphatic rings. The van der Waals surface area contributed by atoms with Crippen molar-refractivity contribution in [3.63, 3.8) is 0 Å². The molecule has 0 spiro atoms. The van der Waals surface area contributed by atoms with Crippen LogP contribution < -0.4 is 0 Å². The molecule has 28 heavy (non-hydrogen) atoms. The lowest BCUT2D eigenvalue weighted by Gasteiger charge is -2.22. The number of hydrogen-bond acceptors (Lipinski definition) is 2. The van der Waals surface area contributed by atoms with Gasteiger partial charge in [0.1, 0.15) is 12.1 Å². The van der Waals surface area contributed by atoms with Gasteiger partial charge in [-0.25, -0.2) is 4.99 Å². The Labute approximate surface area is 167 Å². The van der Waals surface area contributed by atoms with E-state index in [9.17, 15) is 0 Å². The van der Waals surface area contributed by atoms with Crippen molar-refractivity contribution in [2.24, 2.45) is 4.99 Å². The minimum atomic E-state index is -0.291. The third kappa shape index (κ3) is 3.91. The van der Waals surface area contributed by atoms with E-state index in [1.165, 1.54) is 16.7 Å². The Morgan fingerprint density at radius 1 is 0.857 bits per heavy atom. The fourth-order valence-corrected chi connectivity index (χ4v) is 3.93. The van der Waals surface area contributed by atoms with Crippen LogP contribution in [0.5, 0.6) is 0 Å². The van der Waals surface area contributed by atoms with Crippen molar-refractivity contribution in [1.29, 1.82) is 0 Å². The molecule has 4 rings (SSSR count). The summed E-state index contributed by atoms with van der Waals surface area (Å²) in [5.74, 6) is 0.806. The second-order valence-electron chi connectivity index (χ2n) is 7.37. The van der Waals surface area contributed by atoms with Crippen LogP contribution in [-0.2, 0) is 11.2 Å². The molecular weight excluding hydrogens is 342 g/mol. The average Bonchev–Trinajstić information content (AvgIpc) is 3.14. The van der Waals surface area contributed by atoms with Gasteiger partial charge in [0.25, 0.3) is 0 Å². The highest BCUT2D eigenvalue weighted by Gasteiger charge is 2.38. The zero-order valence-electron chi connectivity index (χ0n) is 16.0. The standard InChI is InChI=1S/C26H25NO/c1-2-18-26(19-21-12-6-3-7-13-21)20-28-25(27-26)24(22-14-8-4-9-15-22)23-16-10-5-11-17-23/h2-17,24H,1,18-20H2/t26-/m1/s1. The van der Waals surface area contributed by atoms with Gasteiger partial charge in [0.15, 0.2) is 5.90 Å². The molecule has 1 heterocycles. The van der Waals surface area contributed by atoms with Crippen LogP contribution in [-0.4, -0.2) is 18.0 Å². The monoisotopic (exact) mass is 367 g/mol. The van der Waals surface area contributed by atoms with Gasteiger partial charge in [0, 0.05) is 6.42 Å². The fraction of sp³-hybridized carbons (Fsp3) is 0.192. The number of aliphatic imine (C=N–C) groups is 1. The second kappa shape index (κ2) is 8.26. The Hall–Kier alpha value is -3.13. The van der Waals surface area contributed by atoms with E-state index in [0.29, 0.717) is 6.61 Å². The Morgan fingerprint density at radius 3 is 1.93 bits per heavy atom. The predicted octanol–water partition coefficient (Wildman–Crippen LogP) is 5.80. The van der Waals surface area contributed by atoms with E-state index in [1.807, 2.05) is 24.3 Å². The van der Waals surface area contributed by atoms with Crippen LogP contribution in [0.25, 0.3) is 0 Å². The maximum absolute atomic E-state index is 6.27. The molecule has 0 saturated carbocycles. The van der Waals surface area contributed by atoms with Gasteiger partial charge in [-0.15, -0.1) is 6.58 Å². The Balaban J connectivity index is 1.73. The van der Waals surface area contributed by atoms with Crippen molar-refractivity contribution in [3.05, 3.63) is 120 Å². The van der Waals surface area contributed by atoms with Gasteiger partial charge >= 0.3 is 0 Å². The molecule has 0 aliphatic carbocycles. The lowest BCUT2D eigenvalue weighted by Crippen LogP contribution is -2.30. The molecule has 1 atom stereocenters. The van der Waals surface area contributed by atoms with Crippen molar-refractivity contribution in [3.8, 4) is 0 Å². The van der Waals surface area contributed by atoms with Gasteiger partial charge in [0.2, 0.25) is 0 Å². The quantitative estimate of drug-likeness (QED) is 0.483. The molecular formula is C26H25NO. The van der Waals surface area contributed by atoms with Crippen LogP contribution in [0.2, 0.25) is 0 Å². The molecule has 2 heteroatoms. The molecule has 0 aromatic heterocycles. The molecule has 0 unspecified atom stereocenters. The summed E-state index contributed by atoms with van der Waals surface area (Å²) in [5, 5.41) is 0. The third-order valence-corrected chi connectivity index (χ3v) is 5.25. The van der Waals surface area contributed by atoms with Gasteiger partial charge in [-0.05, 0) is 23.1 Å². The Bertz CT molecular complexity index is 894. The number of ether oxygens (including phenoxy) is 1. The Kier molecular flexibility index (Phi) is 5.38. The first-order valence-electron chi connectivity index (χ1n) is 9.77. The van der Waals surface area contributed by atoms with Gasteiger partial charge in [-0.3, -0.25) is 0 Å². The van der Waals surface area contributed by atoms with Gasteiger partial charge < -0.3 is 4.74 Å². The molecule has 0 N–H and O–H groups in total. The van der Waals surface area contributed by atoms with Crippen molar-refractivity contribution in [2.45, 2.75) is 24.3 Å². The largest absolute Gasteiger partial charge is 0.478 e. The van der Waals surface area contributed by atoms with Crippen molar-refractivity contribution < 1.29 is 4.74 Å². The van der Waals surface area contributed by atoms with E-state index in [-0.39, 0.29) is 11.5 Å². The summed E-state index contributed by atoms with van der Waals surface area (Å²) in [4.78, 5) is 5.18. The number of benzene rings is 3. The van der Waals surface area contributed by atoms with E-state index in [1.54, 1.807) is 0 Å². The lowest BCUT2D eigenvalue weighted by atomic mass is 9.88. The molecule has 140 valence electrons. The first kappa shape index (κ1) is 18.2. The topological polar surface area (TPSA) is 21.6 Å². The van der Waals surface area contributed by atoms with Gasteiger partial charge in [0.05, 0.1) is 5.92 Å². The molecule has 2 nitrogen and oxygen atoms in total. The smallest absolute Gasteiger partial charge is 0.196 e. The average molecular weight is 367 g/mol. The highest BCUT2D eigenvalue weighted by atomic mass is 16.5. The van der Waals surface area contributed by atoms with E-state index in [4.69, 9.17) is 9.73 Å². The fourth-order valence-electron chi connectivity index (χ4n) is 3.93. The zero-order valence-corrected chi connectivity index (χ0v) is 16.0.